The van der Waals surface area contributed by atoms with Gasteiger partial charge in [0.15, 0.2) is 11.5 Å². The van der Waals surface area contributed by atoms with Crippen LogP contribution >= 0.6 is 0 Å². The lowest BCUT2D eigenvalue weighted by Gasteiger charge is -2.20. The van der Waals surface area contributed by atoms with Crippen LogP contribution in [-0.4, -0.2) is 29.7 Å². The van der Waals surface area contributed by atoms with E-state index in [1.165, 1.54) is 0 Å². The standard InChI is InChI=1S/C27H31NO5S/c1-27(2,3)21-8-7-9-23(18-21)34(29,30)28-22-14-12-19(13-15-22)10-11-20-16-24(31-4)26(33-6)25(17-20)32-5/h7-18,28H,1-6H3/b11-10-. The van der Waals surface area contributed by atoms with Gasteiger partial charge in [-0.3, -0.25) is 4.72 Å². The van der Waals surface area contributed by atoms with E-state index in [9.17, 15) is 8.42 Å². The maximum atomic E-state index is 12.9. The van der Waals surface area contributed by atoms with Gasteiger partial charge in [-0.25, -0.2) is 8.42 Å². The largest absolute Gasteiger partial charge is 0.493 e. The number of hydrogen-bond acceptors (Lipinski definition) is 5. The quantitative estimate of drug-likeness (QED) is 0.401. The van der Waals surface area contributed by atoms with E-state index in [0.717, 1.165) is 16.7 Å². The van der Waals surface area contributed by atoms with Gasteiger partial charge in [0.05, 0.1) is 26.2 Å². The highest BCUT2D eigenvalue weighted by Crippen LogP contribution is 2.38. The fraction of sp³-hybridized carbons (Fsp3) is 0.259. The Morgan fingerprint density at radius 2 is 1.35 bits per heavy atom. The van der Waals surface area contributed by atoms with Crippen molar-refractivity contribution in [2.24, 2.45) is 0 Å². The second-order valence-electron chi connectivity index (χ2n) is 8.80. The van der Waals surface area contributed by atoms with Crippen LogP contribution in [0.2, 0.25) is 0 Å². The molecule has 0 bridgehead atoms. The Morgan fingerprint density at radius 3 is 1.88 bits per heavy atom. The van der Waals surface area contributed by atoms with Gasteiger partial charge in [0.25, 0.3) is 10.0 Å². The van der Waals surface area contributed by atoms with E-state index < -0.39 is 10.0 Å². The van der Waals surface area contributed by atoms with Crippen LogP contribution in [0.5, 0.6) is 17.2 Å². The summed E-state index contributed by atoms with van der Waals surface area (Å²) in [5.74, 6) is 1.68. The Bertz CT molecular complexity index is 1250. The number of benzene rings is 3. The molecule has 0 radical (unpaired) electrons. The van der Waals surface area contributed by atoms with Gasteiger partial charge in [-0.05, 0) is 58.5 Å². The van der Waals surface area contributed by atoms with Crippen LogP contribution in [0.15, 0.2) is 65.6 Å². The molecule has 0 aromatic heterocycles. The first-order valence-corrected chi connectivity index (χ1v) is 12.3. The highest BCUT2D eigenvalue weighted by atomic mass is 32.2. The van der Waals surface area contributed by atoms with E-state index in [0.29, 0.717) is 22.9 Å². The number of ether oxygens (including phenoxy) is 3. The second kappa shape index (κ2) is 10.2. The van der Waals surface area contributed by atoms with Gasteiger partial charge in [-0.15, -0.1) is 0 Å². The lowest BCUT2D eigenvalue weighted by Crippen LogP contribution is -2.16. The molecule has 6 nitrogen and oxygen atoms in total. The van der Waals surface area contributed by atoms with Crippen molar-refractivity contribution in [3.05, 3.63) is 77.4 Å². The van der Waals surface area contributed by atoms with Crippen molar-refractivity contribution in [3.8, 4) is 17.2 Å². The molecule has 3 rings (SSSR count). The van der Waals surface area contributed by atoms with Gasteiger partial charge in [0.2, 0.25) is 5.75 Å². The summed E-state index contributed by atoms with van der Waals surface area (Å²) in [5, 5.41) is 0. The fourth-order valence-corrected chi connectivity index (χ4v) is 4.50. The van der Waals surface area contributed by atoms with Gasteiger partial charge >= 0.3 is 0 Å². The zero-order valence-electron chi connectivity index (χ0n) is 20.4. The fourth-order valence-electron chi connectivity index (χ4n) is 3.40. The first-order valence-electron chi connectivity index (χ1n) is 10.8. The van der Waals surface area contributed by atoms with Crippen LogP contribution < -0.4 is 18.9 Å². The van der Waals surface area contributed by atoms with E-state index in [-0.39, 0.29) is 10.3 Å². The van der Waals surface area contributed by atoms with Crippen LogP contribution in [0.3, 0.4) is 0 Å². The summed E-state index contributed by atoms with van der Waals surface area (Å²) in [6.45, 7) is 6.16. The third kappa shape index (κ3) is 5.91. The normalized spacial score (nSPS) is 11.9. The van der Waals surface area contributed by atoms with Gasteiger partial charge in [-0.2, -0.15) is 0 Å². The Hall–Kier alpha value is -3.45. The molecule has 34 heavy (non-hydrogen) atoms. The predicted octanol–water partition coefficient (Wildman–Crippen LogP) is 5.98. The van der Waals surface area contributed by atoms with Crippen molar-refractivity contribution >= 4 is 27.9 Å². The summed E-state index contributed by atoms with van der Waals surface area (Å²) in [5.41, 5.74) is 3.09. The zero-order chi connectivity index (χ0) is 24.9. The van der Waals surface area contributed by atoms with Crippen molar-refractivity contribution in [2.75, 3.05) is 26.1 Å². The molecule has 0 heterocycles. The predicted molar refractivity (Wildman–Crippen MR) is 137 cm³/mol. The number of nitrogens with one attached hydrogen (secondary N) is 1. The van der Waals surface area contributed by atoms with Crippen LogP contribution in [0.4, 0.5) is 5.69 Å². The summed E-state index contributed by atoms with van der Waals surface area (Å²) < 4.78 is 44.6. The molecule has 0 spiro atoms. The molecular formula is C27H31NO5S. The number of hydrogen-bond donors (Lipinski definition) is 1. The zero-order valence-corrected chi connectivity index (χ0v) is 21.2. The molecular weight excluding hydrogens is 450 g/mol. The average Bonchev–Trinajstić information content (AvgIpc) is 2.82. The molecule has 0 fully saturated rings. The summed E-state index contributed by atoms with van der Waals surface area (Å²) >= 11 is 0. The Kier molecular flexibility index (Phi) is 7.57. The third-order valence-electron chi connectivity index (χ3n) is 5.33. The number of methoxy groups -OCH3 is 3. The molecule has 0 saturated heterocycles. The van der Waals surface area contributed by atoms with Crippen LogP contribution in [0, 0.1) is 0 Å². The summed E-state index contributed by atoms with van der Waals surface area (Å²) in [7, 11) is 1.02. The molecule has 0 aliphatic carbocycles. The van der Waals surface area contributed by atoms with E-state index >= 15 is 0 Å². The van der Waals surface area contributed by atoms with E-state index in [1.54, 1.807) is 51.7 Å². The second-order valence-corrected chi connectivity index (χ2v) is 10.5. The molecule has 0 saturated carbocycles. The minimum Gasteiger partial charge on any atom is -0.493 e. The Balaban J connectivity index is 1.78. The summed E-state index contributed by atoms with van der Waals surface area (Å²) in [6.07, 6.45) is 3.84. The molecule has 3 aromatic carbocycles. The molecule has 1 N–H and O–H groups in total. The van der Waals surface area contributed by atoms with Crippen LogP contribution in [0.1, 0.15) is 37.5 Å². The minimum absolute atomic E-state index is 0.141. The van der Waals surface area contributed by atoms with E-state index in [2.05, 4.69) is 25.5 Å². The SMILES string of the molecule is COc1cc(/C=C\c2ccc(NS(=O)(=O)c3cccc(C(C)(C)C)c3)cc2)cc(OC)c1OC. The van der Waals surface area contributed by atoms with Crippen molar-refractivity contribution in [1.82, 2.24) is 0 Å². The van der Waals surface area contributed by atoms with Crippen molar-refractivity contribution in [1.29, 1.82) is 0 Å². The monoisotopic (exact) mass is 481 g/mol. The van der Waals surface area contributed by atoms with Crippen molar-refractivity contribution in [2.45, 2.75) is 31.1 Å². The Labute approximate surface area is 202 Å². The molecule has 0 unspecified atom stereocenters. The molecule has 0 aliphatic rings. The van der Waals surface area contributed by atoms with Crippen LogP contribution in [0.25, 0.3) is 12.2 Å². The lowest BCUT2D eigenvalue weighted by molar-refractivity contribution is 0.324. The first-order chi connectivity index (χ1) is 16.1. The topological polar surface area (TPSA) is 73.9 Å². The number of rotatable bonds is 8. The average molecular weight is 482 g/mol. The maximum Gasteiger partial charge on any atom is 0.261 e. The first kappa shape index (κ1) is 25.2. The lowest BCUT2D eigenvalue weighted by atomic mass is 9.87. The van der Waals surface area contributed by atoms with Crippen LogP contribution in [-0.2, 0) is 15.4 Å². The summed E-state index contributed by atoms with van der Waals surface area (Å²) in [6, 6.07) is 17.9. The van der Waals surface area contributed by atoms with E-state index in [4.69, 9.17) is 14.2 Å². The molecule has 180 valence electrons. The highest BCUT2D eigenvalue weighted by molar-refractivity contribution is 7.92. The van der Waals surface area contributed by atoms with Gasteiger partial charge in [0, 0.05) is 5.69 Å². The highest BCUT2D eigenvalue weighted by Gasteiger charge is 2.19. The molecule has 0 amide bonds. The Morgan fingerprint density at radius 1 is 0.765 bits per heavy atom. The minimum atomic E-state index is -3.69. The molecule has 0 atom stereocenters. The third-order valence-corrected chi connectivity index (χ3v) is 6.71. The van der Waals surface area contributed by atoms with Gasteiger partial charge in [-0.1, -0.05) is 57.2 Å². The van der Waals surface area contributed by atoms with Gasteiger partial charge in [0.1, 0.15) is 0 Å². The maximum absolute atomic E-state index is 12.9. The van der Waals surface area contributed by atoms with Crippen molar-refractivity contribution in [3.63, 3.8) is 0 Å². The molecule has 3 aromatic rings. The van der Waals surface area contributed by atoms with E-state index in [1.807, 2.05) is 42.5 Å². The van der Waals surface area contributed by atoms with Crippen molar-refractivity contribution < 1.29 is 22.6 Å². The van der Waals surface area contributed by atoms with Gasteiger partial charge < -0.3 is 14.2 Å². The number of sulfonamides is 1. The molecule has 0 aliphatic heterocycles. The number of anilines is 1. The molecule has 7 heteroatoms. The summed E-state index contributed by atoms with van der Waals surface area (Å²) in [4.78, 5) is 0.242. The smallest absolute Gasteiger partial charge is 0.261 e.